The van der Waals surface area contributed by atoms with E-state index in [1.165, 1.54) is 12.8 Å². The minimum atomic E-state index is -0.271. The SMILES string of the molecule is O=C(NC(=S)Nc1cccc(C(=O)N2CCCCCC2)c1)c1cccc(I)c1. The number of benzene rings is 2. The molecule has 0 bridgehead atoms. The number of carbonyl (C=O) groups is 2. The topological polar surface area (TPSA) is 61.4 Å². The molecular formula is C21H22IN3O2S. The van der Waals surface area contributed by atoms with Crippen molar-refractivity contribution in [1.29, 1.82) is 0 Å². The van der Waals surface area contributed by atoms with Crippen LogP contribution in [0.2, 0.25) is 0 Å². The molecule has 0 atom stereocenters. The van der Waals surface area contributed by atoms with Gasteiger partial charge in [0.05, 0.1) is 0 Å². The van der Waals surface area contributed by atoms with Gasteiger partial charge in [-0.2, -0.15) is 0 Å². The minimum absolute atomic E-state index is 0.0411. The molecule has 7 heteroatoms. The van der Waals surface area contributed by atoms with Gasteiger partial charge < -0.3 is 10.2 Å². The average molecular weight is 507 g/mol. The summed E-state index contributed by atoms with van der Waals surface area (Å²) in [6.45, 7) is 1.61. The summed E-state index contributed by atoms with van der Waals surface area (Å²) in [6.07, 6.45) is 4.47. The molecule has 3 rings (SSSR count). The van der Waals surface area contributed by atoms with Gasteiger partial charge >= 0.3 is 0 Å². The molecule has 146 valence electrons. The number of hydrogen-bond donors (Lipinski definition) is 2. The number of anilines is 1. The Hall–Kier alpha value is -2.00. The van der Waals surface area contributed by atoms with E-state index in [-0.39, 0.29) is 16.9 Å². The largest absolute Gasteiger partial charge is 0.339 e. The lowest BCUT2D eigenvalue weighted by Gasteiger charge is -2.20. The van der Waals surface area contributed by atoms with Gasteiger partial charge in [0.15, 0.2) is 5.11 Å². The molecule has 0 saturated carbocycles. The summed E-state index contributed by atoms with van der Waals surface area (Å²) in [5, 5.41) is 5.87. The zero-order valence-corrected chi connectivity index (χ0v) is 18.4. The van der Waals surface area contributed by atoms with Gasteiger partial charge in [0, 0.05) is 33.5 Å². The van der Waals surface area contributed by atoms with E-state index in [4.69, 9.17) is 12.2 Å². The second-order valence-electron chi connectivity index (χ2n) is 6.71. The van der Waals surface area contributed by atoms with Crippen molar-refractivity contribution >= 4 is 57.4 Å². The highest BCUT2D eigenvalue weighted by Gasteiger charge is 2.17. The fourth-order valence-electron chi connectivity index (χ4n) is 3.15. The normalized spacial score (nSPS) is 14.1. The smallest absolute Gasteiger partial charge is 0.257 e. The van der Waals surface area contributed by atoms with Gasteiger partial charge in [-0.25, -0.2) is 0 Å². The summed E-state index contributed by atoms with van der Waals surface area (Å²) in [6, 6.07) is 14.5. The highest BCUT2D eigenvalue weighted by molar-refractivity contribution is 14.1. The van der Waals surface area contributed by atoms with E-state index in [0.717, 1.165) is 29.5 Å². The first kappa shape index (κ1) is 20.7. The number of amides is 2. The molecule has 2 N–H and O–H groups in total. The van der Waals surface area contributed by atoms with Gasteiger partial charge in [-0.1, -0.05) is 25.0 Å². The standard InChI is InChI=1S/C21H22IN3O2S/c22-17-9-5-7-15(13-17)19(26)24-21(28)23-18-10-6-8-16(14-18)20(27)25-11-3-1-2-4-12-25/h5-10,13-14H,1-4,11-12H2,(H2,23,24,26,28). The molecule has 0 aromatic heterocycles. The molecule has 1 heterocycles. The van der Waals surface area contributed by atoms with Crippen LogP contribution in [0.4, 0.5) is 5.69 Å². The van der Waals surface area contributed by atoms with Crippen LogP contribution in [0.3, 0.4) is 0 Å². The highest BCUT2D eigenvalue weighted by atomic mass is 127. The molecule has 1 aliphatic rings. The molecule has 2 aromatic carbocycles. The first-order chi connectivity index (χ1) is 13.5. The van der Waals surface area contributed by atoms with Gasteiger partial charge in [-0.05, 0) is 84.0 Å². The number of rotatable bonds is 3. The van der Waals surface area contributed by atoms with Crippen LogP contribution in [0.1, 0.15) is 46.4 Å². The lowest BCUT2D eigenvalue weighted by Crippen LogP contribution is -2.34. The Bertz CT molecular complexity index is 879. The number of likely N-dealkylation sites (tertiary alicyclic amines) is 1. The predicted octanol–water partition coefficient (Wildman–Crippen LogP) is 4.43. The number of hydrogen-bond acceptors (Lipinski definition) is 3. The van der Waals surface area contributed by atoms with Gasteiger partial charge in [-0.15, -0.1) is 0 Å². The van der Waals surface area contributed by atoms with E-state index >= 15 is 0 Å². The number of thiocarbonyl (C=S) groups is 1. The Balaban J connectivity index is 1.62. The zero-order valence-electron chi connectivity index (χ0n) is 15.4. The lowest BCUT2D eigenvalue weighted by molar-refractivity contribution is 0.0761. The first-order valence-electron chi connectivity index (χ1n) is 9.30. The van der Waals surface area contributed by atoms with Crippen molar-refractivity contribution in [1.82, 2.24) is 10.2 Å². The second-order valence-corrected chi connectivity index (χ2v) is 8.36. The molecule has 1 saturated heterocycles. The summed E-state index contributed by atoms with van der Waals surface area (Å²) >= 11 is 7.41. The third kappa shape index (κ3) is 5.75. The van der Waals surface area contributed by atoms with Gasteiger partial charge in [0.25, 0.3) is 11.8 Å². The van der Waals surface area contributed by atoms with Crippen molar-refractivity contribution in [3.8, 4) is 0 Å². The van der Waals surface area contributed by atoms with Crippen LogP contribution in [0.25, 0.3) is 0 Å². The van der Waals surface area contributed by atoms with Crippen molar-refractivity contribution in [3.63, 3.8) is 0 Å². The minimum Gasteiger partial charge on any atom is -0.339 e. The second kappa shape index (κ2) is 9.97. The van der Waals surface area contributed by atoms with Crippen LogP contribution in [0.5, 0.6) is 0 Å². The molecule has 1 aliphatic heterocycles. The molecule has 0 radical (unpaired) electrons. The van der Waals surface area contributed by atoms with E-state index in [2.05, 4.69) is 33.2 Å². The Morgan fingerprint density at radius 1 is 0.929 bits per heavy atom. The lowest BCUT2D eigenvalue weighted by atomic mass is 10.1. The van der Waals surface area contributed by atoms with Crippen molar-refractivity contribution in [2.75, 3.05) is 18.4 Å². The Labute approximate surface area is 184 Å². The van der Waals surface area contributed by atoms with Crippen LogP contribution in [0.15, 0.2) is 48.5 Å². The Kier molecular flexibility index (Phi) is 7.38. The maximum absolute atomic E-state index is 12.8. The first-order valence-corrected chi connectivity index (χ1v) is 10.8. The van der Waals surface area contributed by atoms with Crippen LogP contribution >= 0.6 is 34.8 Å². The van der Waals surface area contributed by atoms with E-state index in [9.17, 15) is 9.59 Å². The van der Waals surface area contributed by atoms with Crippen LogP contribution in [0, 0.1) is 3.57 Å². The monoisotopic (exact) mass is 507 g/mol. The maximum atomic E-state index is 12.8. The summed E-state index contributed by atoms with van der Waals surface area (Å²) in [4.78, 5) is 27.0. The molecule has 1 fully saturated rings. The van der Waals surface area contributed by atoms with Crippen LogP contribution in [-0.4, -0.2) is 34.9 Å². The fraction of sp³-hybridized carbons (Fsp3) is 0.286. The molecule has 0 spiro atoms. The number of halogens is 1. The Morgan fingerprint density at radius 3 is 2.32 bits per heavy atom. The molecule has 2 amide bonds. The average Bonchev–Trinajstić information content (AvgIpc) is 2.97. The molecule has 0 aliphatic carbocycles. The zero-order chi connectivity index (χ0) is 19.9. The summed E-state index contributed by atoms with van der Waals surface area (Å²) < 4.78 is 0.976. The van der Waals surface area contributed by atoms with Crippen LogP contribution in [-0.2, 0) is 0 Å². The van der Waals surface area contributed by atoms with Crippen molar-refractivity contribution in [2.24, 2.45) is 0 Å². The molecular weight excluding hydrogens is 485 g/mol. The van der Waals surface area contributed by atoms with Crippen molar-refractivity contribution in [2.45, 2.75) is 25.7 Å². The highest BCUT2D eigenvalue weighted by Crippen LogP contribution is 2.16. The van der Waals surface area contributed by atoms with E-state index in [0.29, 0.717) is 16.8 Å². The van der Waals surface area contributed by atoms with E-state index in [1.54, 1.807) is 18.2 Å². The van der Waals surface area contributed by atoms with Crippen molar-refractivity contribution < 1.29 is 9.59 Å². The van der Waals surface area contributed by atoms with Crippen molar-refractivity contribution in [3.05, 3.63) is 63.2 Å². The molecule has 28 heavy (non-hydrogen) atoms. The number of nitrogens with zero attached hydrogens (tertiary/aromatic N) is 1. The fourth-order valence-corrected chi connectivity index (χ4v) is 3.91. The van der Waals surface area contributed by atoms with Gasteiger partial charge in [0.1, 0.15) is 0 Å². The van der Waals surface area contributed by atoms with Gasteiger partial charge in [0.2, 0.25) is 0 Å². The summed E-state index contributed by atoms with van der Waals surface area (Å²) in [5.41, 5.74) is 1.84. The predicted molar refractivity (Wildman–Crippen MR) is 124 cm³/mol. The quantitative estimate of drug-likeness (QED) is 0.477. The number of nitrogens with one attached hydrogen (secondary N) is 2. The van der Waals surface area contributed by atoms with Gasteiger partial charge in [-0.3, -0.25) is 14.9 Å². The van der Waals surface area contributed by atoms with E-state index < -0.39 is 0 Å². The third-order valence-corrected chi connectivity index (χ3v) is 5.45. The van der Waals surface area contributed by atoms with E-state index in [1.807, 2.05) is 35.2 Å². The van der Waals surface area contributed by atoms with Crippen LogP contribution < -0.4 is 10.6 Å². The Morgan fingerprint density at radius 2 is 1.61 bits per heavy atom. The molecule has 0 unspecified atom stereocenters. The maximum Gasteiger partial charge on any atom is 0.257 e. The third-order valence-electron chi connectivity index (χ3n) is 4.57. The summed E-state index contributed by atoms with van der Waals surface area (Å²) in [5.74, 6) is -0.229. The molecule has 2 aromatic rings. The summed E-state index contributed by atoms with van der Waals surface area (Å²) in [7, 11) is 0. The molecule has 5 nitrogen and oxygen atoms in total. The number of carbonyl (C=O) groups excluding carboxylic acids is 2.